The van der Waals surface area contributed by atoms with Crippen LogP contribution in [-0.4, -0.2) is 25.0 Å². The second-order valence-electron chi connectivity index (χ2n) is 5.31. The molecule has 25 heavy (non-hydrogen) atoms. The molecule has 0 fully saturated rings. The Kier molecular flexibility index (Phi) is 6.60. The minimum Gasteiger partial charge on any atom is -0.495 e. The highest BCUT2D eigenvalue weighted by molar-refractivity contribution is 6.32. The lowest BCUT2D eigenvalue weighted by Gasteiger charge is -2.13. The van der Waals surface area contributed by atoms with Crippen LogP contribution in [0.3, 0.4) is 0 Å². The molecule has 0 heterocycles. The molecule has 0 radical (unpaired) electrons. The molecule has 0 aliphatic carbocycles. The maximum atomic E-state index is 12.2. The van der Waals surface area contributed by atoms with E-state index in [1.54, 1.807) is 31.2 Å². The van der Waals surface area contributed by atoms with Crippen molar-refractivity contribution < 1.29 is 14.3 Å². The Bertz CT molecular complexity index is 775. The van der Waals surface area contributed by atoms with E-state index in [9.17, 15) is 9.59 Å². The fourth-order valence-corrected chi connectivity index (χ4v) is 2.32. The molecule has 1 atom stereocenters. The third-order valence-electron chi connectivity index (χ3n) is 3.40. The minimum absolute atomic E-state index is 0.345. The zero-order chi connectivity index (χ0) is 18.2. The number of nitrogens with one attached hydrogen (secondary N) is 2. The highest BCUT2D eigenvalue weighted by Gasteiger charge is 2.15. The summed E-state index contributed by atoms with van der Waals surface area (Å²) in [6.45, 7) is 1.61. The summed E-state index contributed by atoms with van der Waals surface area (Å²) in [6.07, 6.45) is 3.08. The quantitative estimate of drug-likeness (QED) is 0.776. The predicted octanol–water partition coefficient (Wildman–Crippen LogP) is 3.51. The zero-order valence-electron chi connectivity index (χ0n) is 14.0. The number of hydrogen-bond acceptors (Lipinski definition) is 3. The second-order valence-corrected chi connectivity index (χ2v) is 5.72. The van der Waals surface area contributed by atoms with Crippen molar-refractivity contribution in [3.8, 4) is 5.75 Å². The first-order valence-corrected chi connectivity index (χ1v) is 8.05. The van der Waals surface area contributed by atoms with Crippen molar-refractivity contribution in [1.29, 1.82) is 0 Å². The van der Waals surface area contributed by atoms with Gasteiger partial charge in [0.05, 0.1) is 12.1 Å². The van der Waals surface area contributed by atoms with Crippen LogP contribution in [0.2, 0.25) is 5.02 Å². The zero-order valence-corrected chi connectivity index (χ0v) is 14.7. The molecule has 2 aromatic rings. The summed E-state index contributed by atoms with van der Waals surface area (Å²) >= 11 is 6.02. The normalized spacial score (nSPS) is 11.8. The summed E-state index contributed by atoms with van der Waals surface area (Å²) < 4.78 is 5.06. The maximum Gasteiger partial charge on any atom is 0.246 e. The summed E-state index contributed by atoms with van der Waals surface area (Å²) in [5.74, 6) is -0.172. The maximum absolute atomic E-state index is 12.2. The molecule has 0 spiro atoms. The van der Waals surface area contributed by atoms with E-state index in [0.717, 1.165) is 5.56 Å². The van der Waals surface area contributed by atoms with Gasteiger partial charge in [-0.1, -0.05) is 41.9 Å². The Morgan fingerprint density at radius 1 is 1.16 bits per heavy atom. The van der Waals surface area contributed by atoms with Crippen molar-refractivity contribution in [1.82, 2.24) is 5.32 Å². The van der Waals surface area contributed by atoms with Crippen molar-refractivity contribution in [3.63, 3.8) is 0 Å². The van der Waals surface area contributed by atoms with Gasteiger partial charge in [0.2, 0.25) is 11.8 Å². The Morgan fingerprint density at radius 2 is 1.88 bits per heavy atom. The lowest BCUT2D eigenvalue weighted by atomic mass is 10.2. The molecule has 2 amide bonds. The Morgan fingerprint density at radius 3 is 2.52 bits per heavy atom. The van der Waals surface area contributed by atoms with Crippen LogP contribution < -0.4 is 15.4 Å². The van der Waals surface area contributed by atoms with Crippen LogP contribution in [0.15, 0.2) is 54.6 Å². The van der Waals surface area contributed by atoms with Gasteiger partial charge in [-0.05, 0) is 36.8 Å². The van der Waals surface area contributed by atoms with Crippen LogP contribution >= 0.6 is 11.6 Å². The standard InChI is InChI=1S/C19H19ClN2O3/c1-13(21-18(23)11-8-14-6-4-3-5-7-14)19(24)22-15-9-10-17(25-2)16(20)12-15/h3-13H,1-2H3,(H,21,23)(H,22,24)/b11-8+. The molecule has 130 valence electrons. The van der Waals surface area contributed by atoms with Crippen molar-refractivity contribution in [2.24, 2.45) is 0 Å². The molecule has 0 saturated heterocycles. The van der Waals surface area contributed by atoms with Crippen molar-refractivity contribution in [2.75, 3.05) is 12.4 Å². The number of amides is 2. The molecule has 1 unspecified atom stereocenters. The average Bonchev–Trinajstić information content (AvgIpc) is 2.61. The first-order valence-electron chi connectivity index (χ1n) is 7.67. The summed E-state index contributed by atoms with van der Waals surface area (Å²) in [7, 11) is 1.51. The Labute approximate surface area is 151 Å². The molecule has 0 bridgehead atoms. The monoisotopic (exact) mass is 358 g/mol. The summed E-state index contributed by atoms with van der Waals surface area (Å²) in [5, 5.41) is 5.70. The molecule has 2 aromatic carbocycles. The number of carbonyl (C=O) groups excluding carboxylic acids is 2. The van der Waals surface area contributed by atoms with Gasteiger partial charge < -0.3 is 15.4 Å². The average molecular weight is 359 g/mol. The van der Waals surface area contributed by atoms with Crippen molar-refractivity contribution >= 4 is 35.2 Å². The molecule has 0 aliphatic heterocycles. The Balaban J connectivity index is 1.90. The van der Waals surface area contributed by atoms with E-state index < -0.39 is 6.04 Å². The van der Waals surface area contributed by atoms with Crippen LogP contribution in [0.1, 0.15) is 12.5 Å². The molecule has 0 saturated carbocycles. The Hall–Kier alpha value is -2.79. The highest BCUT2D eigenvalue weighted by atomic mass is 35.5. The highest BCUT2D eigenvalue weighted by Crippen LogP contribution is 2.27. The number of benzene rings is 2. The van der Waals surface area contributed by atoms with Gasteiger partial charge in [0.1, 0.15) is 11.8 Å². The first kappa shape index (κ1) is 18.5. The predicted molar refractivity (Wildman–Crippen MR) is 99.7 cm³/mol. The SMILES string of the molecule is COc1ccc(NC(=O)C(C)NC(=O)/C=C/c2ccccc2)cc1Cl. The second kappa shape index (κ2) is 8.89. The number of rotatable bonds is 6. The van der Waals surface area contributed by atoms with Crippen LogP contribution in [0.25, 0.3) is 6.08 Å². The van der Waals surface area contributed by atoms with Crippen LogP contribution in [0, 0.1) is 0 Å². The number of methoxy groups -OCH3 is 1. The molecular weight excluding hydrogens is 340 g/mol. The molecule has 2 N–H and O–H groups in total. The first-order chi connectivity index (χ1) is 12.0. The van der Waals surface area contributed by atoms with Crippen LogP contribution in [0.4, 0.5) is 5.69 Å². The number of hydrogen-bond donors (Lipinski definition) is 2. The van der Waals surface area contributed by atoms with E-state index >= 15 is 0 Å². The van der Waals surface area contributed by atoms with Gasteiger partial charge in [0.25, 0.3) is 0 Å². The summed E-state index contributed by atoms with van der Waals surface area (Å²) in [6, 6.07) is 13.6. The van der Waals surface area contributed by atoms with Gasteiger partial charge in [0.15, 0.2) is 0 Å². The van der Waals surface area contributed by atoms with Gasteiger partial charge in [-0.15, -0.1) is 0 Å². The van der Waals surface area contributed by atoms with E-state index in [-0.39, 0.29) is 11.8 Å². The van der Waals surface area contributed by atoms with Gasteiger partial charge >= 0.3 is 0 Å². The number of ether oxygens (including phenoxy) is 1. The van der Waals surface area contributed by atoms with E-state index in [2.05, 4.69) is 10.6 Å². The lowest BCUT2D eigenvalue weighted by Crippen LogP contribution is -2.40. The van der Waals surface area contributed by atoms with Gasteiger partial charge in [-0.3, -0.25) is 9.59 Å². The van der Waals surface area contributed by atoms with Crippen molar-refractivity contribution in [2.45, 2.75) is 13.0 Å². The smallest absolute Gasteiger partial charge is 0.246 e. The number of halogens is 1. The van der Waals surface area contributed by atoms with Crippen LogP contribution in [-0.2, 0) is 9.59 Å². The molecule has 0 aromatic heterocycles. The summed E-state index contributed by atoms with van der Waals surface area (Å²) in [5.41, 5.74) is 1.43. The lowest BCUT2D eigenvalue weighted by molar-refractivity contribution is -0.123. The number of anilines is 1. The topological polar surface area (TPSA) is 67.4 Å². The van der Waals surface area contributed by atoms with E-state index in [1.807, 2.05) is 30.3 Å². The number of carbonyl (C=O) groups is 2. The molecule has 6 heteroatoms. The van der Waals surface area contributed by atoms with Gasteiger partial charge in [-0.2, -0.15) is 0 Å². The van der Waals surface area contributed by atoms with E-state index in [4.69, 9.17) is 16.3 Å². The molecule has 2 rings (SSSR count). The van der Waals surface area contributed by atoms with E-state index in [0.29, 0.717) is 16.5 Å². The third kappa shape index (κ3) is 5.65. The van der Waals surface area contributed by atoms with Gasteiger partial charge in [-0.25, -0.2) is 0 Å². The summed E-state index contributed by atoms with van der Waals surface area (Å²) in [4.78, 5) is 24.1. The van der Waals surface area contributed by atoms with Crippen LogP contribution in [0.5, 0.6) is 5.75 Å². The molecule has 5 nitrogen and oxygen atoms in total. The fraction of sp³-hybridized carbons (Fsp3) is 0.158. The molecule has 0 aliphatic rings. The third-order valence-corrected chi connectivity index (χ3v) is 3.69. The minimum atomic E-state index is -0.700. The van der Waals surface area contributed by atoms with E-state index in [1.165, 1.54) is 13.2 Å². The van der Waals surface area contributed by atoms with Gasteiger partial charge in [0, 0.05) is 11.8 Å². The fourth-order valence-electron chi connectivity index (χ4n) is 2.06. The van der Waals surface area contributed by atoms with Crippen molar-refractivity contribution in [3.05, 3.63) is 65.2 Å². The largest absolute Gasteiger partial charge is 0.495 e. The molecular formula is C19H19ClN2O3.